The van der Waals surface area contributed by atoms with Gasteiger partial charge in [0, 0.05) is 3.57 Å². The van der Waals surface area contributed by atoms with E-state index >= 15 is 0 Å². The van der Waals surface area contributed by atoms with E-state index in [9.17, 15) is 4.79 Å². The summed E-state index contributed by atoms with van der Waals surface area (Å²) in [5, 5.41) is 0. The number of halogens is 1. The van der Waals surface area contributed by atoms with Crippen molar-refractivity contribution in [3.8, 4) is 17.2 Å². The predicted molar refractivity (Wildman–Crippen MR) is 102 cm³/mol. The third-order valence-electron chi connectivity index (χ3n) is 3.40. The number of ether oxygens (including phenoxy) is 2. The molecule has 4 heteroatoms. The minimum atomic E-state index is 0.521. The van der Waals surface area contributed by atoms with Gasteiger partial charge in [-0.05, 0) is 70.6 Å². The number of hydrogen-bond acceptors (Lipinski definition) is 3. The van der Waals surface area contributed by atoms with Crippen LogP contribution in [0.4, 0.5) is 0 Å². The SMILES string of the molecule is O=Cc1ccc(I)cc1Oc1ccc(OCc2ccccc2)cc1. The van der Waals surface area contributed by atoms with Crippen LogP contribution in [0.1, 0.15) is 15.9 Å². The van der Waals surface area contributed by atoms with Crippen molar-refractivity contribution in [2.45, 2.75) is 6.61 Å². The Morgan fingerprint density at radius 1 is 0.875 bits per heavy atom. The maximum absolute atomic E-state index is 11.1. The Balaban J connectivity index is 1.66. The zero-order valence-electron chi connectivity index (χ0n) is 12.8. The quantitative estimate of drug-likeness (QED) is 0.384. The minimum absolute atomic E-state index is 0.521. The molecule has 0 saturated carbocycles. The molecule has 3 nitrogen and oxygen atoms in total. The second kappa shape index (κ2) is 7.97. The molecule has 0 radical (unpaired) electrons. The van der Waals surface area contributed by atoms with Crippen molar-refractivity contribution in [3.05, 3.63) is 87.5 Å². The Hall–Kier alpha value is -2.34. The molecule has 0 atom stereocenters. The summed E-state index contributed by atoms with van der Waals surface area (Å²) in [6, 6.07) is 22.8. The number of hydrogen-bond donors (Lipinski definition) is 0. The summed E-state index contributed by atoms with van der Waals surface area (Å²) in [5.74, 6) is 1.98. The lowest BCUT2D eigenvalue weighted by Gasteiger charge is -2.10. The Morgan fingerprint density at radius 3 is 2.29 bits per heavy atom. The lowest BCUT2D eigenvalue weighted by molar-refractivity contribution is 0.112. The third-order valence-corrected chi connectivity index (χ3v) is 4.07. The van der Waals surface area contributed by atoms with Crippen LogP contribution in [0.5, 0.6) is 17.2 Å². The normalized spacial score (nSPS) is 10.2. The van der Waals surface area contributed by atoms with Gasteiger partial charge in [0.2, 0.25) is 0 Å². The van der Waals surface area contributed by atoms with E-state index in [1.165, 1.54) is 0 Å². The van der Waals surface area contributed by atoms with Crippen molar-refractivity contribution in [2.24, 2.45) is 0 Å². The van der Waals surface area contributed by atoms with Crippen LogP contribution in [0, 0.1) is 3.57 Å². The van der Waals surface area contributed by atoms with E-state index in [1.807, 2.05) is 66.7 Å². The molecule has 24 heavy (non-hydrogen) atoms. The zero-order chi connectivity index (χ0) is 16.8. The molecule has 0 fully saturated rings. The molecule has 0 amide bonds. The molecule has 0 aliphatic carbocycles. The first kappa shape index (κ1) is 16.5. The van der Waals surface area contributed by atoms with Gasteiger partial charge in [0.05, 0.1) is 5.56 Å². The van der Waals surface area contributed by atoms with Crippen molar-refractivity contribution in [1.82, 2.24) is 0 Å². The lowest BCUT2D eigenvalue weighted by atomic mass is 10.2. The molecule has 0 aromatic heterocycles. The summed E-state index contributed by atoms with van der Waals surface area (Å²) in [5.41, 5.74) is 1.65. The first-order valence-electron chi connectivity index (χ1n) is 7.44. The number of rotatable bonds is 6. The van der Waals surface area contributed by atoms with E-state index in [-0.39, 0.29) is 0 Å². The van der Waals surface area contributed by atoms with E-state index in [2.05, 4.69) is 22.6 Å². The Morgan fingerprint density at radius 2 is 1.58 bits per heavy atom. The van der Waals surface area contributed by atoms with Gasteiger partial charge in [0.1, 0.15) is 23.9 Å². The summed E-state index contributed by atoms with van der Waals surface area (Å²) >= 11 is 2.19. The summed E-state index contributed by atoms with van der Waals surface area (Å²) in [4.78, 5) is 11.1. The maximum atomic E-state index is 11.1. The van der Waals surface area contributed by atoms with Crippen molar-refractivity contribution in [3.63, 3.8) is 0 Å². The maximum Gasteiger partial charge on any atom is 0.153 e. The topological polar surface area (TPSA) is 35.5 Å². The van der Waals surface area contributed by atoms with Crippen molar-refractivity contribution in [2.75, 3.05) is 0 Å². The van der Waals surface area contributed by atoms with Gasteiger partial charge in [-0.15, -0.1) is 0 Å². The lowest BCUT2D eigenvalue weighted by Crippen LogP contribution is -1.95. The van der Waals surface area contributed by atoms with Gasteiger partial charge in [-0.2, -0.15) is 0 Å². The van der Waals surface area contributed by atoms with Crippen LogP contribution in [0.15, 0.2) is 72.8 Å². The minimum Gasteiger partial charge on any atom is -0.489 e. The molecule has 0 unspecified atom stereocenters. The van der Waals surface area contributed by atoms with Gasteiger partial charge < -0.3 is 9.47 Å². The summed E-state index contributed by atoms with van der Waals surface area (Å²) in [7, 11) is 0. The molecule has 120 valence electrons. The highest BCUT2D eigenvalue weighted by atomic mass is 127. The highest BCUT2D eigenvalue weighted by Gasteiger charge is 2.06. The second-order valence-electron chi connectivity index (χ2n) is 5.15. The third kappa shape index (κ3) is 4.35. The van der Waals surface area contributed by atoms with Crippen LogP contribution in [-0.2, 0) is 6.61 Å². The first-order chi connectivity index (χ1) is 11.7. The number of benzene rings is 3. The first-order valence-corrected chi connectivity index (χ1v) is 8.52. The van der Waals surface area contributed by atoms with Gasteiger partial charge in [-0.25, -0.2) is 0 Å². The molecular formula is C20H15IO3. The van der Waals surface area contributed by atoms with Crippen LogP contribution < -0.4 is 9.47 Å². The van der Waals surface area contributed by atoms with Gasteiger partial charge in [0.15, 0.2) is 6.29 Å². The monoisotopic (exact) mass is 430 g/mol. The van der Waals surface area contributed by atoms with E-state index < -0.39 is 0 Å². The average Bonchev–Trinajstić information content (AvgIpc) is 2.62. The summed E-state index contributed by atoms with van der Waals surface area (Å²) < 4.78 is 12.6. The summed E-state index contributed by atoms with van der Waals surface area (Å²) in [6.07, 6.45) is 0.794. The highest BCUT2D eigenvalue weighted by Crippen LogP contribution is 2.28. The van der Waals surface area contributed by atoms with E-state index in [1.54, 1.807) is 6.07 Å². The van der Waals surface area contributed by atoms with Crippen LogP contribution in [-0.4, -0.2) is 6.29 Å². The summed E-state index contributed by atoms with van der Waals surface area (Å²) in [6.45, 7) is 0.521. The molecule has 0 aliphatic rings. The highest BCUT2D eigenvalue weighted by molar-refractivity contribution is 14.1. The molecular weight excluding hydrogens is 415 g/mol. The van der Waals surface area contributed by atoms with Gasteiger partial charge >= 0.3 is 0 Å². The molecule has 3 rings (SSSR count). The van der Waals surface area contributed by atoms with E-state index in [4.69, 9.17) is 9.47 Å². The Bertz CT molecular complexity index is 814. The smallest absolute Gasteiger partial charge is 0.153 e. The predicted octanol–water partition coefficient (Wildman–Crippen LogP) is 5.48. The fourth-order valence-electron chi connectivity index (χ4n) is 2.17. The van der Waals surface area contributed by atoms with Crippen LogP contribution in [0.3, 0.4) is 0 Å². The standard InChI is InChI=1S/C20H15IO3/c21-17-7-6-16(13-22)20(12-17)24-19-10-8-18(9-11-19)23-14-15-4-2-1-3-5-15/h1-13H,14H2. The molecule has 0 bridgehead atoms. The van der Waals surface area contributed by atoms with Crippen LogP contribution in [0.25, 0.3) is 0 Å². The molecule has 3 aromatic rings. The second-order valence-corrected chi connectivity index (χ2v) is 6.39. The van der Waals surface area contributed by atoms with E-state index in [0.717, 1.165) is 21.2 Å². The molecule has 3 aromatic carbocycles. The van der Waals surface area contributed by atoms with Crippen LogP contribution >= 0.6 is 22.6 Å². The molecule has 0 N–H and O–H groups in total. The van der Waals surface area contributed by atoms with Gasteiger partial charge in [0.25, 0.3) is 0 Å². The Kier molecular flexibility index (Phi) is 5.48. The number of aldehydes is 1. The van der Waals surface area contributed by atoms with Gasteiger partial charge in [-0.1, -0.05) is 30.3 Å². The number of carbonyl (C=O) groups is 1. The average molecular weight is 430 g/mol. The molecule has 0 heterocycles. The van der Waals surface area contributed by atoms with Crippen LogP contribution in [0.2, 0.25) is 0 Å². The van der Waals surface area contributed by atoms with E-state index in [0.29, 0.717) is 23.7 Å². The van der Waals surface area contributed by atoms with Gasteiger partial charge in [-0.3, -0.25) is 4.79 Å². The van der Waals surface area contributed by atoms with Crippen molar-refractivity contribution < 1.29 is 14.3 Å². The zero-order valence-corrected chi connectivity index (χ0v) is 15.0. The fraction of sp³-hybridized carbons (Fsp3) is 0.0500. The van der Waals surface area contributed by atoms with Crippen molar-refractivity contribution >= 4 is 28.9 Å². The number of carbonyl (C=O) groups excluding carboxylic acids is 1. The molecule has 0 saturated heterocycles. The molecule has 0 spiro atoms. The van der Waals surface area contributed by atoms with Crippen molar-refractivity contribution in [1.29, 1.82) is 0 Å². The largest absolute Gasteiger partial charge is 0.489 e. The molecule has 0 aliphatic heterocycles. The fourth-order valence-corrected chi connectivity index (χ4v) is 2.63. The Labute approximate surface area is 154 Å².